The fourth-order valence-corrected chi connectivity index (χ4v) is 3.94. The summed E-state index contributed by atoms with van der Waals surface area (Å²) in [5.41, 5.74) is 0. The molecule has 0 radical (unpaired) electrons. The molecule has 11 N–H and O–H groups in total. The van der Waals surface area contributed by atoms with Gasteiger partial charge in [0.2, 0.25) is 0 Å². The molecule has 200 valence electrons. The smallest absolute Gasteiger partial charge is 0.187 e. The van der Waals surface area contributed by atoms with Gasteiger partial charge in [-0.15, -0.1) is 0 Å². The number of hydrogen-bond donors (Lipinski definition) is 11. The van der Waals surface area contributed by atoms with Crippen LogP contribution in [0.25, 0.3) is 0 Å². The van der Waals surface area contributed by atoms with Crippen molar-refractivity contribution in [2.75, 3.05) is 19.8 Å². The molecular formula is C18H32O16. The highest BCUT2D eigenvalue weighted by Crippen LogP contribution is 2.29. The highest BCUT2D eigenvalue weighted by atomic mass is 16.7. The molecule has 0 aromatic rings. The topological polar surface area (TPSA) is 269 Å². The van der Waals surface area contributed by atoms with Gasteiger partial charge >= 0.3 is 0 Å². The predicted molar refractivity (Wildman–Crippen MR) is 101 cm³/mol. The van der Waals surface area contributed by atoms with E-state index >= 15 is 0 Å². The second kappa shape index (κ2) is 11.6. The zero-order valence-electron chi connectivity index (χ0n) is 17.7. The molecular weight excluding hydrogens is 472 g/mol. The highest BCUT2D eigenvalue weighted by molar-refractivity contribution is 4.94. The van der Waals surface area contributed by atoms with E-state index in [0.29, 0.717) is 0 Å². The van der Waals surface area contributed by atoms with Crippen molar-refractivity contribution in [3.05, 3.63) is 0 Å². The van der Waals surface area contributed by atoms with Crippen LogP contribution in [0, 0.1) is 0 Å². The molecule has 16 heteroatoms. The minimum absolute atomic E-state index is 0.609. The summed E-state index contributed by atoms with van der Waals surface area (Å²) in [6, 6.07) is 0. The maximum Gasteiger partial charge on any atom is 0.187 e. The Bertz CT molecular complexity index is 637. The summed E-state index contributed by atoms with van der Waals surface area (Å²) in [5.74, 6) is 0. The molecule has 0 aliphatic carbocycles. The Morgan fingerprint density at radius 2 is 1.00 bits per heavy atom. The fourth-order valence-electron chi connectivity index (χ4n) is 3.94. The number of aliphatic hydroxyl groups excluding tert-OH is 11. The third kappa shape index (κ3) is 5.52. The molecule has 3 heterocycles. The predicted octanol–water partition coefficient (Wildman–Crippen LogP) is -7.57. The summed E-state index contributed by atoms with van der Waals surface area (Å²) in [4.78, 5) is 0. The molecule has 3 aliphatic heterocycles. The largest absolute Gasteiger partial charge is 0.394 e. The standard InChI is InChI=1S/C18H32O16/c19-1-4-7(21)10(24)12(26)17(32-4)30-3-6-9(23)15(14(28)16(29)31-6)34-18-13(27)11(25)8(22)5(2-20)33-18/h4-29H,1-3H2/t4-,5-,6-,7+,8+,9+,10+,11+,12-,13-,14-,15+,16-,17+,18-/m1/s1. The van der Waals surface area contributed by atoms with Crippen molar-refractivity contribution in [1.82, 2.24) is 0 Å². The Balaban J connectivity index is 1.65. The third-order valence-corrected chi connectivity index (χ3v) is 6.07. The summed E-state index contributed by atoms with van der Waals surface area (Å²) in [7, 11) is 0. The molecule has 15 atom stereocenters. The van der Waals surface area contributed by atoms with E-state index in [0.717, 1.165) is 0 Å². The van der Waals surface area contributed by atoms with Crippen molar-refractivity contribution in [3.8, 4) is 0 Å². The average Bonchev–Trinajstić information content (AvgIpc) is 2.82. The first-order chi connectivity index (χ1) is 16.0. The molecule has 0 saturated carbocycles. The average molecular weight is 504 g/mol. The maximum absolute atomic E-state index is 10.6. The number of aliphatic hydroxyl groups is 11. The van der Waals surface area contributed by atoms with Gasteiger partial charge in [-0.25, -0.2) is 0 Å². The van der Waals surface area contributed by atoms with Crippen molar-refractivity contribution >= 4 is 0 Å². The molecule has 0 spiro atoms. The Labute approximate surface area is 192 Å². The lowest BCUT2D eigenvalue weighted by molar-refractivity contribution is -0.361. The van der Waals surface area contributed by atoms with Crippen LogP contribution in [0.1, 0.15) is 0 Å². The Morgan fingerprint density at radius 3 is 1.53 bits per heavy atom. The van der Waals surface area contributed by atoms with E-state index < -0.39 is 112 Å². The van der Waals surface area contributed by atoms with Crippen LogP contribution >= 0.6 is 0 Å². The van der Waals surface area contributed by atoms with Gasteiger partial charge in [0, 0.05) is 0 Å². The van der Waals surface area contributed by atoms with Crippen molar-refractivity contribution < 1.29 is 79.9 Å². The van der Waals surface area contributed by atoms with Gasteiger partial charge in [-0.3, -0.25) is 0 Å². The normalized spacial score (nSPS) is 52.5. The quantitative estimate of drug-likeness (QED) is 0.154. The molecule has 16 nitrogen and oxygen atoms in total. The fraction of sp³-hybridized carbons (Fsp3) is 1.00. The zero-order valence-corrected chi connectivity index (χ0v) is 17.7. The number of hydrogen-bond acceptors (Lipinski definition) is 16. The van der Waals surface area contributed by atoms with Crippen LogP contribution in [-0.2, 0) is 23.7 Å². The molecule has 3 aliphatic rings. The van der Waals surface area contributed by atoms with E-state index in [-0.39, 0.29) is 0 Å². The molecule has 3 saturated heterocycles. The third-order valence-electron chi connectivity index (χ3n) is 6.07. The lowest BCUT2D eigenvalue weighted by atomic mass is 9.97. The Kier molecular flexibility index (Phi) is 9.54. The monoisotopic (exact) mass is 504 g/mol. The van der Waals surface area contributed by atoms with E-state index in [1.54, 1.807) is 0 Å². The molecule has 34 heavy (non-hydrogen) atoms. The summed E-state index contributed by atoms with van der Waals surface area (Å²) < 4.78 is 26.1. The van der Waals surface area contributed by atoms with Gasteiger partial charge in [-0.05, 0) is 0 Å². The minimum Gasteiger partial charge on any atom is -0.394 e. The van der Waals surface area contributed by atoms with Gasteiger partial charge in [-0.2, -0.15) is 0 Å². The summed E-state index contributed by atoms with van der Waals surface area (Å²) in [6.45, 7) is -2.06. The highest BCUT2D eigenvalue weighted by Gasteiger charge is 2.51. The second-order valence-corrected chi connectivity index (χ2v) is 8.37. The van der Waals surface area contributed by atoms with Crippen LogP contribution in [0.5, 0.6) is 0 Å². The number of ether oxygens (including phenoxy) is 5. The Hall–Kier alpha value is -0.640. The molecule has 0 aromatic heterocycles. The number of rotatable bonds is 7. The van der Waals surface area contributed by atoms with E-state index in [1.807, 2.05) is 0 Å². The lowest BCUT2D eigenvalue weighted by Crippen LogP contribution is -2.65. The van der Waals surface area contributed by atoms with Gasteiger partial charge in [0.25, 0.3) is 0 Å². The van der Waals surface area contributed by atoms with Crippen molar-refractivity contribution in [2.24, 2.45) is 0 Å². The molecule has 3 fully saturated rings. The lowest BCUT2D eigenvalue weighted by Gasteiger charge is -2.45. The van der Waals surface area contributed by atoms with Gasteiger partial charge in [0.15, 0.2) is 18.9 Å². The van der Waals surface area contributed by atoms with Crippen LogP contribution in [-0.4, -0.2) is 168 Å². The minimum atomic E-state index is -1.93. The molecule has 0 aromatic carbocycles. The van der Waals surface area contributed by atoms with Gasteiger partial charge in [0.1, 0.15) is 73.2 Å². The van der Waals surface area contributed by atoms with Gasteiger partial charge in [-0.1, -0.05) is 0 Å². The SMILES string of the molecule is OC[C@H]1O[C@H](OC[C@H]2O[C@@H](O)[C@H](O)[C@@H](O[C@H]3O[C@H](CO)[C@H](O)[C@H](O)[C@H]3O)[C@H]2O)[C@H](O)[C@@H](O)[C@H]1O. The van der Waals surface area contributed by atoms with Gasteiger partial charge in [0.05, 0.1) is 19.8 Å². The first-order valence-corrected chi connectivity index (χ1v) is 10.6. The first-order valence-electron chi connectivity index (χ1n) is 10.6. The van der Waals surface area contributed by atoms with Crippen LogP contribution in [0.2, 0.25) is 0 Å². The van der Waals surface area contributed by atoms with Gasteiger partial charge < -0.3 is 79.9 Å². The van der Waals surface area contributed by atoms with E-state index in [9.17, 15) is 56.2 Å². The van der Waals surface area contributed by atoms with Crippen LogP contribution in [0.3, 0.4) is 0 Å². The first kappa shape index (κ1) is 27.9. The molecule has 0 bridgehead atoms. The summed E-state index contributed by atoms with van der Waals surface area (Å²) in [5, 5.41) is 109. The molecule has 3 rings (SSSR count). The van der Waals surface area contributed by atoms with E-state index in [1.165, 1.54) is 0 Å². The van der Waals surface area contributed by atoms with Crippen molar-refractivity contribution in [3.63, 3.8) is 0 Å². The van der Waals surface area contributed by atoms with Crippen LogP contribution < -0.4 is 0 Å². The summed E-state index contributed by atoms with van der Waals surface area (Å²) >= 11 is 0. The molecule has 0 unspecified atom stereocenters. The van der Waals surface area contributed by atoms with Crippen molar-refractivity contribution in [2.45, 2.75) is 92.1 Å². The zero-order chi connectivity index (χ0) is 25.3. The maximum atomic E-state index is 10.6. The van der Waals surface area contributed by atoms with Crippen LogP contribution in [0.15, 0.2) is 0 Å². The second-order valence-electron chi connectivity index (χ2n) is 8.37. The summed E-state index contributed by atoms with van der Waals surface area (Å²) in [6.07, 6.45) is -24.9. The van der Waals surface area contributed by atoms with Crippen LogP contribution in [0.4, 0.5) is 0 Å². The molecule has 0 amide bonds. The van der Waals surface area contributed by atoms with E-state index in [4.69, 9.17) is 23.7 Å². The van der Waals surface area contributed by atoms with E-state index in [2.05, 4.69) is 0 Å². The Morgan fingerprint density at radius 1 is 0.500 bits per heavy atom. The van der Waals surface area contributed by atoms with Crippen molar-refractivity contribution in [1.29, 1.82) is 0 Å².